The van der Waals surface area contributed by atoms with E-state index in [1.54, 1.807) is 29.4 Å². The standard InChI is InChI=1S/C27H29FN2O4S/c1-33-16-7-14-29(27(32)21-10-5-6-11-23(21)28)18-26(31)30-15-12-25-22(13-17-35-25)24(30)19-34-20-8-3-2-4-9-20/h2-6,8-11,13,17,24H,7,12,14-16,18-19H2,1H3/t24-/m1/s1. The molecule has 8 heteroatoms. The molecule has 1 aliphatic heterocycles. The lowest BCUT2D eigenvalue weighted by atomic mass is 10.0. The number of benzene rings is 2. The van der Waals surface area contributed by atoms with Crippen LogP contribution in [-0.4, -0.2) is 61.6 Å². The second-order valence-corrected chi connectivity index (χ2v) is 9.33. The van der Waals surface area contributed by atoms with Crippen LogP contribution in [0.2, 0.25) is 0 Å². The second-order valence-electron chi connectivity index (χ2n) is 8.33. The molecule has 0 unspecified atom stereocenters. The highest BCUT2D eigenvalue weighted by Crippen LogP contribution is 2.34. The van der Waals surface area contributed by atoms with Crippen LogP contribution in [0.1, 0.15) is 33.3 Å². The first kappa shape index (κ1) is 24.9. The van der Waals surface area contributed by atoms with Crippen LogP contribution in [0.4, 0.5) is 4.39 Å². The molecule has 2 amide bonds. The maximum Gasteiger partial charge on any atom is 0.257 e. The number of halogens is 1. The lowest BCUT2D eigenvalue weighted by molar-refractivity contribution is -0.135. The average molecular weight is 497 g/mol. The summed E-state index contributed by atoms with van der Waals surface area (Å²) in [5.74, 6) is -0.557. The van der Waals surface area contributed by atoms with Crippen LogP contribution in [-0.2, 0) is 16.0 Å². The largest absolute Gasteiger partial charge is 0.491 e. The molecule has 0 spiro atoms. The van der Waals surface area contributed by atoms with Crippen molar-refractivity contribution in [3.63, 3.8) is 0 Å². The Morgan fingerprint density at radius 3 is 2.66 bits per heavy atom. The van der Waals surface area contributed by atoms with E-state index < -0.39 is 11.7 Å². The average Bonchev–Trinajstić information content (AvgIpc) is 3.36. The third-order valence-corrected chi connectivity index (χ3v) is 7.06. The minimum Gasteiger partial charge on any atom is -0.491 e. The van der Waals surface area contributed by atoms with Crippen molar-refractivity contribution < 1.29 is 23.5 Å². The number of nitrogens with zero attached hydrogens (tertiary/aromatic N) is 2. The molecule has 1 aliphatic rings. The molecule has 0 N–H and O–H groups in total. The molecule has 35 heavy (non-hydrogen) atoms. The Kier molecular flexibility index (Phi) is 8.50. The number of para-hydroxylation sites is 1. The molecular formula is C27H29FN2O4S. The third-order valence-electron chi connectivity index (χ3n) is 6.06. The summed E-state index contributed by atoms with van der Waals surface area (Å²) in [6.45, 7) is 1.43. The molecule has 2 heterocycles. The molecule has 0 radical (unpaired) electrons. The predicted octanol–water partition coefficient (Wildman–Crippen LogP) is 4.57. The number of amides is 2. The van der Waals surface area contributed by atoms with E-state index in [-0.39, 0.29) is 30.6 Å². The van der Waals surface area contributed by atoms with Crippen molar-refractivity contribution in [2.24, 2.45) is 0 Å². The van der Waals surface area contributed by atoms with Gasteiger partial charge in [0, 0.05) is 31.7 Å². The summed E-state index contributed by atoms with van der Waals surface area (Å²) in [5, 5.41) is 2.03. The van der Waals surface area contributed by atoms with Gasteiger partial charge in [-0.15, -0.1) is 11.3 Å². The van der Waals surface area contributed by atoms with Gasteiger partial charge in [-0.1, -0.05) is 30.3 Å². The van der Waals surface area contributed by atoms with E-state index in [1.165, 1.54) is 28.0 Å². The molecule has 4 rings (SSSR count). The van der Waals surface area contributed by atoms with Gasteiger partial charge in [-0.25, -0.2) is 4.39 Å². The molecule has 6 nitrogen and oxygen atoms in total. The molecule has 0 aliphatic carbocycles. The van der Waals surface area contributed by atoms with E-state index in [4.69, 9.17) is 9.47 Å². The quantitative estimate of drug-likeness (QED) is 0.386. The number of thiophene rings is 1. The van der Waals surface area contributed by atoms with Gasteiger partial charge in [-0.2, -0.15) is 0 Å². The van der Waals surface area contributed by atoms with Crippen LogP contribution in [0.15, 0.2) is 66.0 Å². The number of rotatable bonds is 10. The normalized spacial score (nSPS) is 14.9. The van der Waals surface area contributed by atoms with Gasteiger partial charge in [0.05, 0.1) is 11.6 Å². The zero-order valence-electron chi connectivity index (χ0n) is 19.7. The summed E-state index contributed by atoms with van der Waals surface area (Å²) in [4.78, 5) is 31.2. The highest BCUT2D eigenvalue weighted by molar-refractivity contribution is 7.10. The van der Waals surface area contributed by atoms with Gasteiger partial charge in [-0.3, -0.25) is 9.59 Å². The zero-order valence-corrected chi connectivity index (χ0v) is 20.5. The van der Waals surface area contributed by atoms with Crippen molar-refractivity contribution in [2.45, 2.75) is 18.9 Å². The van der Waals surface area contributed by atoms with Crippen molar-refractivity contribution in [2.75, 3.05) is 40.0 Å². The number of methoxy groups -OCH3 is 1. The van der Waals surface area contributed by atoms with Crippen LogP contribution in [0.25, 0.3) is 0 Å². The fourth-order valence-electron chi connectivity index (χ4n) is 4.28. The maximum atomic E-state index is 14.4. The number of carbonyl (C=O) groups is 2. The van der Waals surface area contributed by atoms with Crippen LogP contribution in [0.3, 0.4) is 0 Å². The van der Waals surface area contributed by atoms with E-state index in [0.29, 0.717) is 26.2 Å². The molecule has 0 saturated heterocycles. The van der Waals surface area contributed by atoms with Crippen LogP contribution < -0.4 is 4.74 Å². The fraction of sp³-hybridized carbons (Fsp3) is 0.333. The van der Waals surface area contributed by atoms with Crippen LogP contribution in [0, 0.1) is 5.82 Å². The minimum absolute atomic E-state index is 0.0413. The Hall–Kier alpha value is -3.23. The Morgan fingerprint density at radius 2 is 1.89 bits per heavy atom. The fourth-order valence-corrected chi connectivity index (χ4v) is 5.21. The van der Waals surface area contributed by atoms with Gasteiger partial charge >= 0.3 is 0 Å². The molecule has 0 bridgehead atoms. The second kappa shape index (κ2) is 12.0. The van der Waals surface area contributed by atoms with E-state index in [9.17, 15) is 14.0 Å². The molecule has 184 valence electrons. The Labute approximate surface area is 208 Å². The van der Waals surface area contributed by atoms with Crippen molar-refractivity contribution in [3.05, 3.63) is 87.9 Å². The van der Waals surface area contributed by atoms with Gasteiger partial charge in [0.2, 0.25) is 5.91 Å². The zero-order chi connectivity index (χ0) is 24.6. The van der Waals surface area contributed by atoms with Crippen molar-refractivity contribution >= 4 is 23.2 Å². The maximum absolute atomic E-state index is 14.4. The van der Waals surface area contributed by atoms with Crippen LogP contribution in [0.5, 0.6) is 5.75 Å². The summed E-state index contributed by atoms with van der Waals surface area (Å²) in [5.41, 5.74) is 1.04. The summed E-state index contributed by atoms with van der Waals surface area (Å²) in [7, 11) is 1.58. The first-order valence-corrected chi connectivity index (χ1v) is 12.5. The van der Waals surface area contributed by atoms with Gasteiger partial charge in [0.25, 0.3) is 5.91 Å². The van der Waals surface area contributed by atoms with Crippen molar-refractivity contribution in [1.29, 1.82) is 0 Å². The number of carbonyl (C=O) groups excluding carboxylic acids is 2. The third kappa shape index (κ3) is 6.07. The predicted molar refractivity (Wildman–Crippen MR) is 133 cm³/mol. The number of ether oxygens (including phenoxy) is 2. The van der Waals surface area contributed by atoms with Crippen molar-refractivity contribution in [1.82, 2.24) is 9.80 Å². The lowest BCUT2D eigenvalue weighted by Crippen LogP contribution is -2.48. The van der Waals surface area contributed by atoms with Crippen LogP contribution >= 0.6 is 11.3 Å². The Morgan fingerprint density at radius 1 is 1.11 bits per heavy atom. The Balaban J connectivity index is 1.53. The first-order chi connectivity index (χ1) is 17.1. The van der Waals surface area contributed by atoms with Gasteiger partial charge in [-0.05, 0) is 54.1 Å². The molecule has 0 fully saturated rings. The minimum atomic E-state index is -0.600. The van der Waals surface area contributed by atoms with E-state index >= 15 is 0 Å². The highest BCUT2D eigenvalue weighted by Gasteiger charge is 2.33. The van der Waals surface area contributed by atoms with E-state index in [1.807, 2.05) is 41.8 Å². The lowest BCUT2D eigenvalue weighted by Gasteiger charge is -2.37. The monoisotopic (exact) mass is 496 g/mol. The molecule has 3 aromatic rings. The molecule has 1 atom stereocenters. The van der Waals surface area contributed by atoms with E-state index in [2.05, 4.69) is 0 Å². The summed E-state index contributed by atoms with van der Waals surface area (Å²) in [6.07, 6.45) is 1.30. The topological polar surface area (TPSA) is 59.1 Å². The Bertz CT molecular complexity index is 1140. The molecule has 0 saturated carbocycles. The number of hydrogen-bond donors (Lipinski definition) is 0. The highest BCUT2D eigenvalue weighted by atomic mass is 32.1. The molecule has 2 aromatic carbocycles. The van der Waals surface area contributed by atoms with Gasteiger partial charge in [0.1, 0.15) is 24.7 Å². The SMILES string of the molecule is COCCCN(CC(=O)N1CCc2sccc2[C@H]1COc1ccccc1)C(=O)c1ccccc1F. The molecular weight excluding hydrogens is 467 g/mol. The van der Waals surface area contributed by atoms with Crippen molar-refractivity contribution in [3.8, 4) is 5.75 Å². The number of fused-ring (bicyclic) bond motifs is 1. The summed E-state index contributed by atoms with van der Waals surface area (Å²) >= 11 is 1.68. The summed E-state index contributed by atoms with van der Waals surface area (Å²) < 4.78 is 25.5. The smallest absolute Gasteiger partial charge is 0.257 e. The number of hydrogen-bond acceptors (Lipinski definition) is 5. The van der Waals surface area contributed by atoms with E-state index in [0.717, 1.165) is 17.7 Å². The molecule has 1 aromatic heterocycles. The first-order valence-electron chi connectivity index (χ1n) is 11.6. The van der Waals surface area contributed by atoms with Gasteiger partial charge in [0.15, 0.2) is 0 Å². The van der Waals surface area contributed by atoms with Gasteiger partial charge < -0.3 is 19.3 Å². The summed E-state index contributed by atoms with van der Waals surface area (Å²) in [6, 6.07) is 17.1.